The molecule has 0 saturated carbocycles. The summed E-state index contributed by atoms with van der Waals surface area (Å²) in [5.41, 5.74) is 1.68. The molecule has 0 saturated heterocycles. The molecule has 168 valence electrons. The quantitative estimate of drug-likeness (QED) is 0.382. The van der Waals surface area contributed by atoms with E-state index in [0.717, 1.165) is 12.0 Å². The summed E-state index contributed by atoms with van der Waals surface area (Å²) in [6.45, 7) is 6.13. The molecule has 0 spiro atoms. The van der Waals surface area contributed by atoms with Crippen LogP contribution in [0.3, 0.4) is 0 Å². The highest BCUT2D eigenvalue weighted by atomic mass is 35.5. The van der Waals surface area contributed by atoms with E-state index in [2.05, 4.69) is 5.16 Å². The van der Waals surface area contributed by atoms with Gasteiger partial charge in [-0.1, -0.05) is 35.8 Å². The third-order valence-corrected chi connectivity index (χ3v) is 6.07. The van der Waals surface area contributed by atoms with Gasteiger partial charge in [-0.25, -0.2) is 0 Å². The van der Waals surface area contributed by atoms with Crippen molar-refractivity contribution in [3.8, 4) is 5.75 Å². The molecule has 0 radical (unpaired) electrons. The van der Waals surface area contributed by atoms with Crippen molar-refractivity contribution in [2.45, 2.75) is 33.2 Å². The van der Waals surface area contributed by atoms with Gasteiger partial charge in [-0.15, -0.1) is 0 Å². The minimum Gasteiger partial charge on any atom is -0.494 e. The third-order valence-electron chi connectivity index (χ3n) is 5.66. The molecule has 1 aliphatic rings. The monoisotopic (exact) mass is 464 g/mol. The summed E-state index contributed by atoms with van der Waals surface area (Å²) in [4.78, 5) is 28.7. The largest absolute Gasteiger partial charge is 0.494 e. The SMILES string of the molecule is CCCOc1cccc(C2c3c(oc4cc(C)c(Cl)cc4c3=O)C(=O)N2c2cc(C)on2)c1. The van der Waals surface area contributed by atoms with Crippen LogP contribution in [0.2, 0.25) is 5.02 Å². The van der Waals surface area contributed by atoms with Crippen molar-refractivity contribution in [2.24, 2.45) is 0 Å². The van der Waals surface area contributed by atoms with E-state index in [-0.39, 0.29) is 16.8 Å². The molecule has 0 fully saturated rings. The molecule has 1 unspecified atom stereocenters. The zero-order chi connectivity index (χ0) is 23.3. The number of carbonyl (C=O) groups excluding carboxylic acids is 1. The average molecular weight is 465 g/mol. The van der Waals surface area contributed by atoms with Crippen molar-refractivity contribution in [1.82, 2.24) is 5.16 Å². The Balaban J connectivity index is 1.77. The highest BCUT2D eigenvalue weighted by molar-refractivity contribution is 6.32. The van der Waals surface area contributed by atoms with Gasteiger partial charge in [-0.05, 0) is 55.7 Å². The van der Waals surface area contributed by atoms with E-state index in [4.69, 9.17) is 25.3 Å². The molecule has 7 nitrogen and oxygen atoms in total. The number of amides is 1. The van der Waals surface area contributed by atoms with Crippen LogP contribution >= 0.6 is 11.6 Å². The molecule has 1 amide bonds. The first-order valence-corrected chi connectivity index (χ1v) is 11.0. The molecular weight excluding hydrogens is 444 g/mol. The van der Waals surface area contributed by atoms with E-state index in [1.54, 1.807) is 25.1 Å². The van der Waals surface area contributed by atoms with Crippen molar-refractivity contribution in [2.75, 3.05) is 11.5 Å². The first-order chi connectivity index (χ1) is 15.9. The summed E-state index contributed by atoms with van der Waals surface area (Å²) >= 11 is 6.29. The van der Waals surface area contributed by atoms with Crippen LogP contribution in [0.4, 0.5) is 5.82 Å². The summed E-state index contributed by atoms with van der Waals surface area (Å²) in [5.74, 6) is 1.01. The van der Waals surface area contributed by atoms with E-state index in [9.17, 15) is 9.59 Å². The summed E-state index contributed by atoms with van der Waals surface area (Å²) in [6, 6.07) is 11.5. The van der Waals surface area contributed by atoms with E-state index in [1.165, 1.54) is 4.90 Å². The van der Waals surface area contributed by atoms with Crippen molar-refractivity contribution in [3.63, 3.8) is 0 Å². The number of aryl methyl sites for hydroxylation is 2. The summed E-state index contributed by atoms with van der Waals surface area (Å²) in [6.07, 6.45) is 0.856. The van der Waals surface area contributed by atoms with Gasteiger partial charge in [-0.3, -0.25) is 14.5 Å². The lowest BCUT2D eigenvalue weighted by Gasteiger charge is -2.22. The van der Waals surface area contributed by atoms with Gasteiger partial charge in [-0.2, -0.15) is 0 Å². The maximum Gasteiger partial charge on any atom is 0.296 e. The Hall–Kier alpha value is -3.58. The maximum absolute atomic E-state index is 13.7. The number of ether oxygens (including phenoxy) is 1. The molecular formula is C25H21ClN2O5. The predicted molar refractivity (Wildman–Crippen MR) is 124 cm³/mol. The Morgan fingerprint density at radius 3 is 2.70 bits per heavy atom. The second-order valence-corrected chi connectivity index (χ2v) is 8.47. The topological polar surface area (TPSA) is 85.8 Å². The third kappa shape index (κ3) is 3.49. The fraction of sp³-hybridized carbons (Fsp3) is 0.240. The molecule has 1 aliphatic heterocycles. The van der Waals surface area contributed by atoms with Crippen LogP contribution < -0.4 is 15.1 Å². The Labute approximate surface area is 194 Å². The van der Waals surface area contributed by atoms with Gasteiger partial charge in [0.05, 0.1) is 23.6 Å². The number of rotatable bonds is 5. The van der Waals surface area contributed by atoms with Crippen LogP contribution in [0.15, 0.2) is 56.2 Å². The van der Waals surface area contributed by atoms with Gasteiger partial charge in [0.25, 0.3) is 5.91 Å². The highest BCUT2D eigenvalue weighted by Crippen LogP contribution is 2.42. The van der Waals surface area contributed by atoms with Gasteiger partial charge >= 0.3 is 0 Å². The number of hydrogen-bond acceptors (Lipinski definition) is 6. The van der Waals surface area contributed by atoms with Crippen molar-refractivity contribution >= 4 is 34.3 Å². The molecule has 0 aliphatic carbocycles. The number of fused-ring (bicyclic) bond motifs is 2. The van der Waals surface area contributed by atoms with Crippen LogP contribution in [-0.2, 0) is 0 Å². The minimum absolute atomic E-state index is 0.0141. The van der Waals surface area contributed by atoms with E-state index < -0.39 is 11.9 Å². The number of nitrogens with zero attached hydrogens (tertiary/aromatic N) is 2. The standard InChI is InChI=1S/C25H21ClN2O5/c1-4-8-31-16-7-5-6-15(11-16)22-21-23(29)17-12-18(26)13(2)9-19(17)32-24(21)25(30)28(22)20-10-14(3)33-27-20/h5-7,9-12,22H,4,8H2,1-3H3. The second-order valence-electron chi connectivity index (χ2n) is 8.07. The summed E-state index contributed by atoms with van der Waals surface area (Å²) in [5, 5.41) is 4.81. The second kappa shape index (κ2) is 8.08. The molecule has 8 heteroatoms. The van der Waals surface area contributed by atoms with Crippen LogP contribution in [-0.4, -0.2) is 17.7 Å². The Kier molecular flexibility index (Phi) is 5.21. The smallest absolute Gasteiger partial charge is 0.296 e. The molecule has 5 rings (SSSR count). The lowest BCUT2D eigenvalue weighted by Crippen LogP contribution is -2.29. The van der Waals surface area contributed by atoms with Gasteiger partial charge in [0.15, 0.2) is 11.2 Å². The van der Waals surface area contributed by atoms with Gasteiger partial charge in [0.1, 0.15) is 17.1 Å². The fourth-order valence-corrected chi connectivity index (χ4v) is 4.27. The van der Waals surface area contributed by atoms with Crippen LogP contribution in [0.25, 0.3) is 11.0 Å². The Bertz CT molecular complexity index is 1460. The first-order valence-electron chi connectivity index (χ1n) is 10.7. The number of benzene rings is 2. The van der Waals surface area contributed by atoms with E-state index >= 15 is 0 Å². The number of anilines is 1. The number of aromatic nitrogens is 1. The van der Waals surface area contributed by atoms with Gasteiger partial charge < -0.3 is 13.7 Å². The minimum atomic E-state index is -0.761. The Morgan fingerprint density at radius 1 is 1.15 bits per heavy atom. The average Bonchev–Trinajstić information content (AvgIpc) is 3.35. The molecule has 2 aromatic carbocycles. The molecule has 0 bridgehead atoms. The Morgan fingerprint density at radius 2 is 1.97 bits per heavy atom. The van der Waals surface area contributed by atoms with Gasteiger partial charge in [0.2, 0.25) is 5.76 Å². The molecule has 3 heterocycles. The normalized spacial score (nSPS) is 15.3. The number of halogens is 1. The lowest BCUT2D eigenvalue weighted by atomic mass is 9.98. The first kappa shape index (κ1) is 21.3. The molecule has 2 aromatic heterocycles. The number of carbonyl (C=O) groups is 1. The summed E-state index contributed by atoms with van der Waals surface area (Å²) < 4.78 is 17.0. The van der Waals surface area contributed by atoms with Crippen molar-refractivity contribution in [3.05, 3.63) is 85.9 Å². The maximum atomic E-state index is 13.7. The predicted octanol–water partition coefficient (Wildman–Crippen LogP) is 5.59. The van der Waals surface area contributed by atoms with E-state index in [1.807, 2.05) is 38.1 Å². The van der Waals surface area contributed by atoms with Crippen LogP contribution in [0.1, 0.15) is 52.4 Å². The van der Waals surface area contributed by atoms with Crippen molar-refractivity contribution < 1.29 is 18.5 Å². The van der Waals surface area contributed by atoms with Crippen molar-refractivity contribution in [1.29, 1.82) is 0 Å². The van der Waals surface area contributed by atoms with E-state index in [0.29, 0.717) is 45.5 Å². The van der Waals surface area contributed by atoms with Crippen LogP contribution in [0.5, 0.6) is 5.75 Å². The molecule has 1 atom stereocenters. The summed E-state index contributed by atoms with van der Waals surface area (Å²) in [7, 11) is 0. The number of hydrogen-bond donors (Lipinski definition) is 0. The lowest BCUT2D eigenvalue weighted by molar-refractivity contribution is 0.0969. The molecule has 33 heavy (non-hydrogen) atoms. The van der Waals surface area contributed by atoms with Crippen LogP contribution in [0, 0.1) is 13.8 Å². The molecule has 0 N–H and O–H groups in total. The molecule has 4 aromatic rings. The van der Waals surface area contributed by atoms with Gasteiger partial charge in [0, 0.05) is 11.1 Å². The fourth-order valence-electron chi connectivity index (χ4n) is 4.11. The highest BCUT2D eigenvalue weighted by Gasteiger charge is 2.45. The zero-order valence-corrected chi connectivity index (χ0v) is 19.1. The zero-order valence-electron chi connectivity index (χ0n) is 18.3.